The van der Waals surface area contributed by atoms with E-state index in [4.69, 9.17) is 21.2 Å². The number of carboxylic acid groups (broad SMARTS) is 1. The molecule has 0 bridgehead atoms. The molecule has 0 radical (unpaired) electrons. The summed E-state index contributed by atoms with van der Waals surface area (Å²) in [6.45, 7) is 0. The Morgan fingerprint density at radius 2 is 2.26 bits per heavy atom. The summed E-state index contributed by atoms with van der Waals surface area (Å²) in [5.41, 5.74) is 0.359. The van der Waals surface area contributed by atoms with E-state index in [1.807, 2.05) is 0 Å². The van der Waals surface area contributed by atoms with Crippen molar-refractivity contribution in [3.05, 3.63) is 46.3 Å². The molecule has 0 aliphatic carbocycles. The first-order valence-corrected chi connectivity index (χ1v) is 5.90. The molecule has 1 heterocycles. The van der Waals surface area contributed by atoms with Gasteiger partial charge in [0.25, 0.3) is 0 Å². The molecule has 0 spiro atoms. The topological polar surface area (TPSA) is 76.2 Å². The summed E-state index contributed by atoms with van der Waals surface area (Å²) < 4.78 is 18.5. The van der Waals surface area contributed by atoms with E-state index in [0.717, 1.165) is 0 Å². The van der Waals surface area contributed by atoms with Crippen LogP contribution in [0.15, 0.2) is 22.7 Å². The number of nitrogens with zero attached hydrogens (tertiary/aromatic N) is 2. The SMILES string of the molecule is O=C(O)CCc1nc(Cc2cccc(Cl)c2F)no1. The molecule has 0 saturated carbocycles. The summed E-state index contributed by atoms with van der Waals surface area (Å²) in [6, 6.07) is 4.66. The fourth-order valence-corrected chi connectivity index (χ4v) is 1.73. The number of aromatic nitrogens is 2. The number of carboxylic acids is 1. The van der Waals surface area contributed by atoms with E-state index in [-0.39, 0.29) is 30.2 Å². The third-order valence-corrected chi connectivity index (χ3v) is 2.73. The van der Waals surface area contributed by atoms with Crippen molar-refractivity contribution in [1.82, 2.24) is 10.1 Å². The fourth-order valence-electron chi connectivity index (χ4n) is 1.53. The zero-order valence-electron chi connectivity index (χ0n) is 9.77. The molecule has 100 valence electrons. The predicted octanol–water partition coefficient (Wildman–Crippen LogP) is 2.47. The predicted molar refractivity (Wildman–Crippen MR) is 64.5 cm³/mol. The number of carbonyl (C=O) groups is 1. The molecule has 2 rings (SSSR count). The number of aryl methyl sites for hydroxylation is 1. The van der Waals surface area contributed by atoms with E-state index < -0.39 is 11.8 Å². The first-order chi connectivity index (χ1) is 9.06. The van der Waals surface area contributed by atoms with Crippen LogP contribution in [-0.2, 0) is 17.6 Å². The van der Waals surface area contributed by atoms with Crippen molar-refractivity contribution >= 4 is 17.6 Å². The Morgan fingerprint density at radius 3 is 3.00 bits per heavy atom. The maximum Gasteiger partial charge on any atom is 0.303 e. The molecule has 1 aromatic carbocycles. The van der Waals surface area contributed by atoms with Gasteiger partial charge in [-0.1, -0.05) is 28.9 Å². The third-order valence-electron chi connectivity index (χ3n) is 2.44. The molecule has 0 atom stereocenters. The van der Waals surface area contributed by atoms with Crippen LogP contribution < -0.4 is 0 Å². The van der Waals surface area contributed by atoms with Gasteiger partial charge < -0.3 is 9.63 Å². The average Bonchev–Trinajstić information content (AvgIpc) is 2.80. The van der Waals surface area contributed by atoms with Gasteiger partial charge in [-0.05, 0) is 11.6 Å². The molecule has 2 aromatic rings. The van der Waals surface area contributed by atoms with Gasteiger partial charge in [-0.15, -0.1) is 0 Å². The highest BCUT2D eigenvalue weighted by atomic mass is 35.5. The Hall–Kier alpha value is -1.95. The average molecular weight is 285 g/mol. The number of halogens is 2. The second kappa shape index (κ2) is 5.79. The third kappa shape index (κ3) is 3.51. The molecule has 0 amide bonds. The fraction of sp³-hybridized carbons (Fsp3) is 0.250. The van der Waals surface area contributed by atoms with E-state index >= 15 is 0 Å². The van der Waals surface area contributed by atoms with Crippen LogP contribution in [-0.4, -0.2) is 21.2 Å². The van der Waals surface area contributed by atoms with Gasteiger partial charge in [0, 0.05) is 12.8 Å². The Kier molecular flexibility index (Phi) is 4.11. The monoisotopic (exact) mass is 284 g/mol. The second-order valence-electron chi connectivity index (χ2n) is 3.89. The summed E-state index contributed by atoms with van der Waals surface area (Å²) in [5.74, 6) is -0.942. The van der Waals surface area contributed by atoms with Crippen LogP contribution in [0.3, 0.4) is 0 Å². The Balaban J connectivity index is 2.07. The standard InChI is InChI=1S/C12H10ClFN2O3/c13-8-3-1-2-7(12(8)14)6-9-15-10(19-16-9)4-5-11(17)18/h1-3H,4-6H2,(H,17,18). The maximum absolute atomic E-state index is 13.7. The highest BCUT2D eigenvalue weighted by Crippen LogP contribution is 2.19. The van der Waals surface area contributed by atoms with E-state index in [1.165, 1.54) is 6.07 Å². The molecular weight excluding hydrogens is 275 g/mol. The number of benzene rings is 1. The number of hydrogen-bond acceptors (Lipinski definition) is 4. The van der Waals surface area contributed by atoms with Crippen LogP contribution in [0.2, 0.25) is 5.02 Å². The largest absolute Gasteiger partial charge is 0.481 e. The first-order valence-electron chi connectivity index (χ1n) is 5.52. The van der Waals surface area contributed by atoms with Crippen molar-refractivity contribution in [1.29, 1.82) is 0 Å². The van der Waals surface area contributed by atoms with Gasteiger partial charge in [0.15, 0.2) is 5.82 Å². The van der Waals surface area contributed by atoms with Crippen molar-refractivity contribution in [2.45, 2.75) is 19.3 Å². The lowest BCUT2D eigenvalue weighted by Gasteiger charge is -2.00. The zero-order chi connectivity index (χ0) is 13.8. The molecule has 7 heteroatoms. The van der Waals surface area contributed by atoms with Crippen LogP contribution in [0.4, 0.5) is 4.39 Å². The summed E-state index contributed by atoms with van der Waals surface area (Å²) in [7, 11) is 0. The lowest BCUT2D eigenvalue weighted by atomic mass is 10.1. The number of hydrogen-bond donors (Lipinski definition) is 1. The van der Waals surface area contributed by atoms with E-state index in [9.17, 15) is 9.18 Å². The number of rotatable bonds is 5. The maximum atomic E-state index is 13.7. The Labute approximate surface area is 113 Å². The van der Waals surface area contributed by atoms with Crippen LogP contribution in [0.1, 0.15) is 23.7 Å². The molecule has 1 aromatic heterocycles. The molecule has 1 N–H and O–H groups in total. The molecule has 0 unspecified atom stereocenters. The minimum Gasteiger partial charge on any atom is -0.481 e. The van der Waals surface area contributed by atoms with Crippen LogP contribution in [0.5, 0.6) is 0 Å². The Morgan fingerprint density at radius 1 is 1.47 bits per heavy atom. The smallest absolute Gasteiger partial charge is 0.303 e. The Bertz CT molecular complexity index is 600. The van der Waals surface area contributed by atoms with Gasteiger partial charge in [0.1, 0.15) is 5.82 Å². The van der Waals surface area contributed by atoms with Crippen molar-refractivity contribution in [3.63, 3.8) is 0 Å². The molecule has 19 heavy (non-hydrogen) atoms. The highest BCUT2D eigenvalue weighted by molar-refractivity contribution is 6.30. The van der Waals surface area contributed by atoms with Crippen LogP contribution in [0.25, 0.3) is 0 Å². The van der Waals surface area contributed by atoms with Crippen LogP contribution in [0, 0.1) is 5.82 Å². The molecule has 0 saturated heterocycles. The van der Waals surface area contributed by atoms with Crippen molar-refractivity contribution in [2.24, 2.45) is 0 Å². The summed E-state index contributed by atoms with van der Waals surface area (Å²) in [5, 5.41) is 12.2. The van der Waals surface area contributed by atoms with Gasteiger partial charge in [-0.25, -0.2) is 4.39 Å². The minimum absolute atomic E-state index is 0.0343. The van der Waals surface area contributed by atoms with E-state index in [2.05, 4.69) is 10.1 Å². The second-order valence-corrected chi connectivity index (χ2v) is 4.30. The van der Waals surface area contributed by atoms with E-state index in [1.54, 1.807) is 12.1 Å². The molecule has 5 nitrogen and oxygen atoms in total. The van der Waals surface area contributed by atoms with Gasteiger partial charge in [-0.3, -0.25) is 4.79 Å². The number of aliphatic carboxylic acids is 1. The van der Waals surface area contributed by atoms with E-state index in [0.29, 0.717) is 11.4 Å². The molecular formula is C12H10ClFN2O3. The van der Waals surface area contributed by atoms with Gasteiger partial charge >= 0.3 is 5.97 Å². The zero-order valence-corrected chi connectivity index (χ0v) is 10.5. The summed E-state index contributed by atoms with van der Waals surface area (Å²) >= 11 is 5.67. The lowest BCUT2D eigenvalue weighted by Crippen LogP contribution is -1.98. The summed E-state index contributed by atoms with van der Waals surface area (Å²) in [6.07, 6.45) is 0.205. The highest BCUT2D eigenvalue weighted by Gasteiger charge is 2.12. The lowest BCUT2D eigenvalue weighted by molar-refractivity contribution is -0.137. The molecule has 0 aliphatic heterocycles. The molecule has 0 fully saturated rings. The van der Waals surface area contributed by atoms with Gasteiger partial charge in [0.05, 0.1) is 11.4 Å². The van der Waals surface area contributed by atoms with Crippen molar-refractivity contribution in [3.8, 4) is 0 Å². The summed E-state index contributed by atoms with van der Waals surface area (Å²) in [4.78, 5) is 14.4. The normalized spacial score (nSPS) is 10.6. The minimum atomic E-state index is -0.944. The van der Waals surface area contributed by atoms with Crippen molar-refractivity contribution < 1.29 is 18.8 Å². The van der Waals surface area contributed by atoms with Gasteiger partial charge in [0.2, 0.25) is 5.89 Å². The van der Waals surface area contributed by atoms with Crippen molar-refractivity contribution in [2.75, 3.05) is 0 Å². The van der Waals surface area contributed by atoms with Crippen LogP contribution >= 0.6 is 11.6 Å². The quantitative estimate of drug-likeness (QED) is 0.913. The van der Waals surface area contributed by atoms with Gasteiger partial charge in [-0.2, -0.15) is 4.98 Å². The molecule has 0 aliphatic rings. The first kappa shape index (κ1) is 13.5.